The highest BCUT2D eigenvalue weighted by Gasteiger charge is 2.08. The van der Waals surface area contributed by atoms with Gasteiger partial charge in [-0.3, -0.25) is 0 Å². The van der Waals surface area contributed by atoms with E-state index in [0.717, 1.165) is 12.8 Å². The van der Waals surface area contributed by atoms with Crippen LogP contribution in [0.15, 0.2) is 115 Å². The zero-order valence-corrected chi connectivity index (χ0v) is 14.8. The standard InChI is InChI=1S/C26H22/c1-3-11-22(12-4-1)23-16-9-10-21(18-19-23)20-25-15-7-8-17-26(25)24-13-5-2-6-14-24/h1-17,19H,18,20H2. The highest BCUT2D eigenvalue weighted by atomic mass is 14.1. The quantitative estimate of drug-likeness (QED) is 0.488. The van der Waals surface area contributed by atoms with Gasteiger partial charge in [0.1, 0.15) is 0 Å². The molecule has 0 saturated heterocycles. The van der Waals surface area contributed by atoms with E-state index >= 15 is 0 Å². The van der Waals surface area contributed by atoms with Crippen LogP contribution in [0.2, 0.25) is 0 Å². The fourth-order valence-electron chi connectivity index (χ4n) is 3.46. The Bertz CT molecular complexity index is 957. The third kappa shape index (κ3) is 3.75. The summed E-state index contributed by atoms with van der Waals surface area (Å²) in [5, 5.41) is 0. The monoisotopic (exact) mass is 334 g/mol. The lowest BCUT2D eigenvalue weighted by Gasteiger charge is -2.11. The van der Waals surface area contributed by atoms with Crippen molar-refractivity contribution in [3.8, 4) is 11.1 Å². The number of rotatable bonds is 4. The zero-order valence-electron chi connectivity index (χ0n) is 14.8. The maximum atomic E-state index is 2.34. The Morgan fingerprint density at radius 3 is 2.08 bits per heavy atom. The average molecular weight is 334 g/mol. The topological polar surface area (TPSA) is 0 Å². The van der Waals surface area contributed by atoms with E-state index in [1.54, 1.807) is 0 Å². The van der Waals surface area contributed by atoms with Crippen molar-refractivity contribution in [2.45, 2.75) is 12.8 Å². The van der Waals surface area contributed by atoms with Gasteiger partial charge < -0.3 is 0 Å². The van der Waals surface area contributed by atoms with Crippen LogP contribution >= 0.6 is 0 Å². The van der Waals surface area contributed by atoms with Gasteiger partial charge in [-0.25, -0.2) is 0 Å². The Balaban J connectivity index is 1.57. The first kappa shape index (κ1) is 16.4. The third-order valence-corrected chi connectivity index (χ3v) is 4.82. The summed E-state index contributed by atoms with van der Waals surface area (Å²) in [6, 6.07) is 30.0. The first-order chi connectivity index (χ1) is 12.9. The first-order valence-electron chi connectivity index (χ1n) is 9.15. The molecule has 1 aliphatic carbocycles. The normalized spacial score (nSPS) is 13.7. The fraction of sp³-hybridized carbons (Fsp3) is 0.0769. The largest absolute Gasteiger partial charge is 0.0726 e. The summed E-state index contributed by atoms with van der Waals surface area (Å²) in [4.78, 5) is 0. The molecule has 0 radical (unpaired) electrons. The summed E-state index contributed by atoms with van der Waals surface area (Å²) in [6.45, 7) is 0. The van der Waals surface area contributed by atoms with Crippen LogP contribution in [0, 0.1) is 0 Å². The van der Waals surface area contributed by atoms with Gasteiger partial charge in [-0.1, -0.05) is 115 Å². The lowest BCUT2D eigenvalue weighted by atomic mass is 9.93. The molecular weight excluding hydrogens is 312 g/mol. The van der Waals surface area contributed by atoms with E-state index in [0.29, 0.717) is 0 Å². The van der Waals surface area contributed by atoms with Crippen LogP contribution < -0.4 is 0 Å². The molecule has 1 aliphatic rings. The van der Waals surface area contributed by atoms with Gasteiger partial charge in [-0.15, -0.1) is 0 Å². The SMILES string of the molecule is C1=CC(c2ccccc2)=CCC(Cc2ccccc2-c2ccccc2)=C1. The second kappa shape index (κ2) is 7.84. The van der Waals surface area contributed by atoms with Crippen LogP contribution in [0.3, 0.4) is 0 Å². The van der Waals surface area contributed by atoms with E-state index in [2.05, 4.69) is 109 Å². The molecule has 26 heavy (non-hydrogen) atoms. The zero-order chi connectivity index (χ0) is 17.6. The number of hydrogen-bond donors (Lipinski definition) is 0. The molecule has 0 saturated carbocycles. The molecule has 126 valence electrons. The third-order valence-electron chi connectivity index (χ3n) is 4.82. The highest BCUT2D eigenvalue weighted by Crippen LogP contribution is 2.28. The fourth-order valence-corrected chi connectivity index (χ4v) is 3.46. The molecule has 3 aromatic rings. The van der Waals surface area contributed by atoms with Crippen molar-refractivity contribution in [1.82, 2.24) is 0 Å². The molecule has 0 fully saturated rings. The second-order valence-electron chi connectivity index (χ2n) is 6.61. The van der Waals surface area contributed by atoms with Crippen LogP contribution in [-0.4, -0.2) is 0 Å². The van der Waals surface area contributed by atoms with E-state index in [-0.39, 0.29) is 0 Å². The summed E-state index contributed by atoms with van der Waals surface area (Å²) in [7, 11) is 0. The predicted octanol–water partition coefficient (Wildman–Crippen LogP) is 6.87. The second-order valence-corrected chi connectivity index (χ2v) is 6.61. The Morgan fingerprint density at radius 2 is 1.31 bits per heavy atom. The van der Waals surface area contributed by atoms with Crippen LogP contribution in [0.5, 0.6) is 0 Å². The van der Waals surface area contributed by atoms with Crippen LogP contribution in [0.4, 0.5) is 0 Å². The summed E-state index contributed by atoms with van der Waals surface area (Å²) in [5.41, 5.74) is 8.02. The number of allylic oxidation sites excluding steroid dienone is 6. The summed E-state index contributed by atoms with van der Waals surface area (Å²) < 4.78 is 0. The highest BCUT2D eigenvalue weighted by molar-refractivity contribution is 5.75. The molecule has 3 aromatic carbocycles. The molecule has 0 spiro atoms. The minimum absolute atomic E-state index is 0.980. The lowest BCUT2D eigenvalue weighted by Crippen LogP contribution is -1.93. The van der Waals surface area contributed by atoms with Gasteiger partial charge in [0, 0.05) is 0 Å². The van der Waals surface area contributed by atoms with Crippen molar-refractivity contribution in [2.75, 3.05) is 0 Å². The predicted molar refractivity (Wildman–Crippen MR) is 112 cm³/mol. The molecule has 4 rings (SSSR count). The van der Waals surface area contributed by atoms with Gasteiger partial charge in [-0.05, 0) is 40.7 Å². The van der Waals surface area contributed by atoms with Crippen LogP contribution in [0.1, 0.15) is 17.5 Å². The van der Waals surface area contributed by atoms with Gasteiger partial charge in [0.25, 0.3) is 0 Å². The van der Waals surface area contributed by atoms with Crippen molar-refractivity contribution < 1.29 is 0 Å². The summed E-state index contributed by atoms with van der Waals surface area (Å²) in [5.74, 6) is 0. The molecule has 0 nitrogen and oxygen atoms in total. The summed E-state index contributed by atoms with van der Waals surface area (Å²) in [6.07, 6.45) is 11.0. The van der Waals surface area contributed by atoms with E-state index in [4.69, 9.17) is 0 Å². The minimum Gasteiger partial charge on any atom is -0.0726 e. The molecule has 0 heterocycles. The average Bonchev–Trinajstić information content (AvgIpc) is 2.95. The Morgan fingerprint density at radius 1 is 0.654 bits per heavy atom. The van der Waals surface area contributed by atoms with Gasteiger partial charge in [0.2, 0.25) is 0 Å². The van der Waals surface area contributed by atoms with E-state index < -0.39 is 0 Å². The smallest absolute Gasteiger partial charge is 0.00547 e. The summed E-state index contributed by atoms with van der Waals surface area (Å²) >= 11 is 0. The maximum absolute atomic E-state index is 2.34. The maximum Gasteiger partial charge on any atom is -0.00547 e. The first-order valence-corrected chi connectivity index (χ1v) is 9.15. The van der Waals surface area contributed by atoms with Crippen LogP contribution in [0.25, 0.3) is 16.7 Å². The molecular formula is C26H22. The molecule has 0 aromatic heterocycles. The minimum atomic E-state index is 0.980. The molecule has 0 heteroatoms. The van der Waals surface area contributed by atoms with E-state index in [1.165, 1.54) is 33.4 Å². The van der Waals surface area contributed by atoms with Crippen molar-refractivity contribution in [1.29, 1.82) is 0 Å². The van der Waals surface area contributed by atoms with E-state index in [9.17, 15) is 0 Å². The van der Waals surface area contributed by atoms with Gasteiger partial charge in [0.05, 0.1) is 0 Å². The molecule has 0 amide bonds. The van der Waals surface area contributed by atoms with Crippen molar-refractivity contribution in [2.24, 2.45) is 0 Å². The molecule has 0 N–H and O–H groups in total. The Hall–Kier alpha value is -3.12. The molecule has 0 bridgehead atoms. The van der Waals surface area contributed by atoms with Gasteiger partial charge in [-0.2, -0.15) is 0 Å². The van der Waals surface area contributed by atoms with Crippen molar-refractivity contribution in [3.63, 3.8) is 0 Å². The molecule has 0 atom stereocenters. The molecule has 0 aliphatic heterocycles. The molecule has 0 unspecified atom stereocenters. The lowest BCUT2D eigenvalue weighted by molar-refractivity contribution is 1.07. The van der Waals surface area contributed by atoms with Crippen LogP contribution in [-0.2, 0) is 6.42 Å². The van der Waals surface area contributed by atoms with Gasteiger partial charge >= 0.3 is 0 Å². The number of benzene rings is 3. The van der Waals surface area contributed by atoms with Crippen molar-refractivity contribution >= 4 is 5.57 Å². The van der Waals surface area contributed by atoms with Crippen molar-refractivity contribution in [3.05, 3.63) is 126 Å². The Kier molecular flexibility index (Phi) is 4.93. The number of hydrogen-bond acceptors (Lipinski definition) is 0. The van der Waals surface area contributed by atoms with Gasteiger partial charge in [0.15, 0.2) is 0 Å². The Labute approximate surface area is 155 Å². The van der Waals surface area contributed by atoms with E-state index in [1.807, 2.05) is 0 Å².